The maximum Gasteiger partial charge on any atom is 0.236 e. The van der Waals surface area contributed by atoms with Crippen molar-refractivity contribution in [2.75, 3.05) is 24.6 Å². The number of oxazole rings is 1. The predicted octanol–water partition coefficient (Wildman–Crippen LogP) is 5.26. The van der Waals surface area contributed by atoms with Gasteiger partial charge in [-0.05, 0) is 63.1 Å². The molecular formula is C24H28N2O4S. The normalized spacial score (nSPS) is 15.0. The molecule has 1 aliphatic heterocycles. The molecule has 1 aliphatic rings. The molecule has 0 amide bonds. The number of hydrogen-bond donors (Lipinski definition) is 0. The van der Waals surface area contributed by atoms with Crippen LogP contribution in [0.1, 0.15) is 38.2 Å². The van der Waals surface area contributed by atoms with E-state index in [1.165, 1.54) is 0 Å². The highest BCUT2D eigenvalue weighted by Gasteiger charge is 2.31. The Morgan fingerprint density at radius 2 is 1.61 bits per heavy atom. The third-order valence-electron chi connectivity index (χ3n) is 5.47. The molecule has 3 aromatic rings. The summed E-state index contributed by atoms with van der Waals surface area (Å²) in [6.07, 6.45) is 4.28. The first-order chi connectivity index (χ1) is 15.0. The fraction of sp³-hybridized carbons (Fsp3) is 0.375. The lowest BCUT2D eigenvalue weighted by atomic mass is 10.1. The summed E-state index contributed by atoms with van der Waals surface area (Å²) < 4.78 is 38.7. The Morgan fingerprint density at radius 1 is 0.968 bits per heavy atom. The van der Waals surface area contributed by atoms with Crippen LogP contribution in [0.25, 0.3) is 11.5 Å². The molecule has 4 rings (SSSR count). The number of sulfone groups is 1. The quantitative estimate of drug-likeness (QED) is 0.520. The SMILES string of the molecule is CCOc1ccc(S(=O)(=O)c2nc(-c3ccc(C)cc3)oc2N2CCCCCC2)cc1. The molecule has 2 heterocycles. The Hall–Kier alpha value is -2.80. The fourth-order valence-electron chi connectivity index (χ4n) is 3.76. The van der Waals surface area contributed by atoms with E-state index in [1.54, 1.807) is 24.3 Å². The summed E-state index contributed by atoms with van der Waals surface area (Å²) >= 11 is 0. The van der Waals surface area contributed by atoms with Crippen molar-refractivity contribution in [3.05, 3.63) is 54.1 Å². The molecule has 2 aromatic carbocycles. The monoisotopic (exact) mass is 440 g/mol. The largest absolute Gasteiger partial charge is 0.494 e. The van der Waals surface area contributed by atoms with E-state index in [-0.39, 0.29) is 9.92 Å². The Labute approximate surface area is 183 Å². The van der Waals surface area contributed by atoms with Gasteiger partial charge in [0.25, 0.3) is 0 Å². The van der Waals surface area contributed by atoms with Crippen LogP contribution in [0.5, 0.6) is 5.75 Å². The summed E-state index contributed by atoms with van der Waals surface area (Å²) in [5.74, 6) is 1.30. The lowest BCUT2D eigenvalue weighted by Gasteiger charge is -2.20. The maximum absolute atomic E-state index is 13.6. The van der Waals surface area contributed by atoms with Crippen LogP contribution in [-0.2, 0) is 9.84 Å². The number of aromatic nitrogens is 1. The lowest BCUT2D eigenvalue weighted by Crippen LogP contribution is -2.25. The van der Waals surface area contributed by atoms with Crippen molar-refractivity contribution in [1.29, 1.82) is 0 Å². The van der Waals surface area contributed by atoms with Crippen molar-refractivity contribution >= 4 is 15.7 Å². The Bertz CT molecular complexity index is 1110. The van der Waals surface area contributed by atoms with Gasteiger partial charge in [-0.25, -0.2) is 8.42 Å². The van der Waals surface area contributed by atoms with Gasteiger partial charge >= 0.3 is 0 Å². The second-order valence-electron chi connectivity index (χ2n) is 7.80. The molecule has 1 saturated heterocycles. The van der Waals surface area contributed by atoms with E-state index in [1.807, 2.05) is 43.0 Å². The second kappa shape index (κ2) is 9.14. The average Bonchev–Trinajstić information content (AvgIpc) is 3.05. The van der Waals surface area contributed by atoms with Gasteiger partial charge in [-0.3, -0.25) is 0 Å². The van der Waals surface area contributed by atoms with Crippen LogP contribution in [0.2, 0.25) is 0 Å². The molecule has 6 nitrogen and oxygen atoms in total. The summed E-state index contributed by atoms with van der Waals surface area (Å²) in [4.78, 5) is 6.70. The number of aryl methyl sites for hydroxylation is 1. The highest BCUT2D eigenvalue weighted by atomic mass is 32.2. The van der Waals surface area contributed by atoms with Gasteiger partial charge in [-0.1, -0.05) is 30.5 Å². The van der Waals surface area contributed by atoms with Crippen LogP contribution in [0.3, 0.4) is 0 Å². The van der Waals surface area contributed by atoms with Gasteiger partial charge in [0.05, 0.1) is 11.5 Å². The minimum atomic E-state index is -3.86. The number of hydrogen-bond acceptors (Lipinski definition) is 6. The molecule has 31 heavy (non-hydrogen) atoms. The van der Waals surface area contributed by atoms with E-state index >= 15 is 0 Å². The Morgan fingerprint density at radius 3 is 2.23 bits per heavy atom. The molecule has 1 fully saturated rings. The van der Waals surface area contributed by atoms with Crippen molar-refractivity contribution in [2.24, 2.45) is 0 Å². The zero-order valence-corrected chi connectivity index (χ0v) is 18.8. The fourth-order valence-corrected chi connectivity index (χ4v) is 5.08. The van der Waals surface area contributed by atoms with E-state index in [0.29, 0.717) is 24.1 Å². The Balaban J connectivity index is 1.79. The maximum atomic E-state index is 13.6. The minimum absolute atomic E-state index is 0.0193. The first-order valence-electron chi connectivity index (χ1n) is 10.8. The molecular weight excluding hydrogens is 412 g/mol. The highest BCUT2D eigenvalue weighted by Crippen LogP contribution is 2.36. The first kappa shape index (κ1) is 21.4. The summed E-state index contributed by atoms with van der Waals surface area (Å²) in [6, 6.07) is 14.2. The number of nitrogens with zero attached hydrogens (tertiary/aromatic N) is 2. The van der Waals surface area contributed by atoms with Crippen LogP contribution in [0.15, 0.2) is 62.9 Å². The minimum Gasteiger partial charge on any atom is -0.494 e. The highest BCUT2D eigenvalue weighted by molar-refractivity contribution is 7.91. The van der Waals surface area contributed by atoms with Gasteiger partial charge in [0.2, 0.25) is 26.6 Å². The van der Waals surface area contributed by atoms with E-state index in [2.05, 4.69) is 4.98 Å². The van der Waals surface area contributed by atoms with Crippen molar-refractivity contribution in [2.45, 2.75) is 49.5 Å². The van der Waals surface area contributed by atoms with E-state index in [4.69, 9.17) is 9.15 Å². The van der Waals surface area contributed by atoms with Crippen molar-refractivity contribution in [1.82, 2.24) is 4.98 Å². The number of benzene rings is 2. The van der Waals surface area contributed by atoms with Gasteiger partial charge in [0, 0.05) is 18.7 Å². The zero-order chi connectivity index (χ0) is 21.8. The van der Waals surface area contributed by atoms with Crippen LogP contribution < -0.4 is 9.64 Å². The molecule has 0 bridgehead atoms. The number of ether oxygens (including phenoxy) is 1. The summed E-state index contributed by atoms with van der Waals surface area (Å²) in [6.45, 7) is 5.93. The third kappa shape index (κ3) is 4.61. The van der Waals surface area contributed by atoms with Crippen LogP contribution in [-0.4, -0.2) is 33.1 Å². The zero-order valence-electron chi connectivity index (χ0n) is 18.0. The summed E-state index contributed by atoms with van der Waals surface area (Å²) in [7, 11) is -3.86. The molecule has 1 aromatic heterocycles. The molecule has 0 aliphatic carbocycles. The summed E-state index contributed by atoms with van der Waals surface area (Å²) in [5, 5.41) is -0.0193. The number of rotatable bonds is 6. The molecule has 0 saturated carbocycles. The molecule has 0 unspecified atom stereocenters. The summed E-state index contributed by atoms with van der Waals surface area (Å²) in [5.41, 5.74) is 1.88. The van der Waals surface area contributed by atoms with Crippen molar-refractivity contribution in [3.63, 3.8) is 0 Å². The van der Waals surface area contributed by atoms with Crippen molar-refractivity contribution < 1.29 is 17.6 Å². The van der Waals surface area contributed by atoms with E-state index in [9.17, 15) is 8.42 Å². The first-order valence-corrected chi connectivity index (χ1v) is 12.3. The van der Waals surface area contributed by atoms with Crippen LogP contribution in [0.4, 0.5) is 5.88 Å². The Kier molecular flexibility index (Phi) is 6.32. The molecule has 0 radical (unpaired) electrons. The predicted molar refractivity (Wildman–Crippen MR) is 120 cm³/mol. The van der Waals surface area contributed by atoms with Crippen LogP contribution >= 0.6 is 0 Å². The van der Waals surface area contributed by atoms with E-state index in [0.717, 1.165) is 49.9 Å². The van der Waals surface area contributed by atoms with Gasteiger partial charge in [0.1, 0.15) is 5.75 Å². The van der Waals surface area contributed by atoms with Gasteiger partial charge in [-0.15, -0.1) is 0 Å². The molecule has 0 atom stereocenters. The average molecular weight is 441 g/mol. The second-order valence-corrected chi connectivity index (χ2v) is 9.67. The van der Waals surface area contributed by atoms with Crippen LogP contribution in [0, 0.1) is 6.92 Å². The smallest absolute Gasteiger partial charge is 0.236 e. The van der Waals surface area contributed by atoms with Crippen molar-refractivity contribution in [3.8, 4) is 17.2 Å². The standard InChI is InChI=1S/C24H28N2O4S/c1-3-29-20-12-14-21(15-13-20)31(27,28)23-24(26-16-6-4-5-7-17-26)30-22(25-23)19-10-8-18(2)9-11-19/h8-15H,3-7,16-17H2,1-2H3. The third-order valence-corrected chi connectivity index (χ3v) is 7.14. The molecule has 0 spiro atoms. The molecule has 0 N–H and O–H groups in total. The lowest BCUT2D eigenvalue weighted by molar-refractivity contribution is 0.340. The van der Waals surface area contributed by atoms with Gasteiger partial charge in [0.15, 0.2) is 0 Å². The molecule has 7 heteroatoms. The number of anilines is 1. The topological polar surface area (TPSA) is 72.6 Å². The van der Waals surface area contributed by atoms with Gasteiger partial charge < -0.3 is 14.1 Å². The van der Waals surface area contributed by atoms with E-state index < -0.39 is 9.84 Å². The molecule has 164 valence electrons. The van der Waals surface area contributed by atoms with Gasteiger partial charge in [-0.2, -0.15) is 4.98 Å².